The van der Waals surface area contributed by atoms with Crippen molar-refractivity contribution in [1.82, 2.24) is 4.90 Å². The van der Waals surface area contributed by atoms with Gasteiger partial charge in [-0.05, 0) is 79.2 Å². The summed E-state index contributed by atoms with van der Waals surface area (Å²) in [6, 6.07) is 16.3. The fourth-order valence-electron chi connectivity index (χ4n) is 3.17. The molecule has 2 heterocycles. The summed E-state index contributed by atoms with van der Waals surface area (Å²) in [7, 11) is 0. The Bertz CT molecular complexity index is 1250. The maximum absolute atomic E-state index is 12.7. The first-order chi connectivity index (χ1) is 15.3. The molecule has 0 aliphatic carbocycles. The minimum absolute atomic E-state index is 0.201. The number of nitrogens with one attached hydrogen (secondary N) is 1. The molecule has 0 unspecified atom stereocenters. The molecule has 3 amide bonds. The van der Waals surface area contributed by atoms with E-state index < -0.39 is 17.1 Å². The fourth-order valence-corrected chi connectivity index (χ4v) is 4.11. The van der Waals surface area contributed by atoms with Crippen LogP contribution in [0.3, 0.4) is 0 Å². The Morgan fingerprint density at radius 1 is 1.09 bits per heavy atom. The lowest BCUT2D eigenvalue weighted by molar-refractivity contribution is -0.127. The van der Waals surface area contributed by atoms with Gasteiger partial charge >= 0.3 is 0 Å². The Morgan fingerprint density at radius 2 is 1.84 bits per heavy atom. The summed E-state index contributed by atoms with van der Waals surface area (Å²) in [6.45, 7) is 3.44. The number of halogens is 1. The molecule has 1 saturated heterocycles. The lowest BCUT2D eigenvalue weighted by Gasteiger charge is -2.14. The zero-order valence-electron chi connectivity index (χ0n) is 17.3. The largest absolute Gasteiger partial charge is 0.457 e. The van der Waals surface area contributed by atoms with Crippen LogP contribution in [0.2, 0.25) is 5.02 Å². The molecule has 0 bridgehead atoms. The van der Waals surface area contributed by atoms with Crippen molar-refractivity contribution in [2.75, 3.05) is 11.9 Å². The number of hydrogen-bond acceptors (Lipinski definition) is 5. The number of anilines is 1. The molecule has 1 aliphatic rings. The molecule has 0 atom stereocenters. The van der Waals surface area contributed by atoms with E-state index >= 15 is 0 Å². The highest BCUT2D eigenvalue weighted by Gasteiger charge is 2.36. The van der Waals surface area contributed by atoms with Gasteiger partial charge in [-0.3, -0.25) is 19.3 Å². The van der Waals surface area contributed by atoms with Crippen LogP contribution in [-0.4, -0.2) is 28.5 Å². The quantitative estimate of drug-likeness (QED) is 0.474. The van der Waals surface area contributed by atoms with Crippen molar-refractivity contribution < 1.29 is 18.8 Å². The minimum Gasteiger partial charge on any atom is -0.457 e. The lowest BCUT2D eigenvalue weighted by Crippen LogP contribution is -2.36. The second-order valence-corrected chi connectivity index (χ2v) is 8.77. The number of hydrogen-bond donors (Lipinski definition) is 1. The predicted octanol–water partition coefficient (Wildman–Crippen LogP) is 5.89. The number of benzene rings is 2. The van der Waals surface area contributed by atoms with E-state index in [1.807, 2.05) is 44.2 Å². The van der Waals surface area contributed by atoms with Crippen LogP contribution in [0.5, 0.6) is 0 Å². The SMILES string of the molecule is Cc1ccc(C)c(NC(=O)CN2C(=O)S/C(=C/c3ccc(-c4ccc(Cl)cc4)o3)C2=O)c1. The van der Waals surface area contributed by atoms with Gasteiger partial charge in [0.25, 0.3) is 11.1 Å². The van der Waals surface area contributed by atoms with Crippen LogP contribution in [0.4, 0.5) is 10.5 Å². The van der Waals surface area contributed by atoms with Crippen molar-refractivity contribution in [2.24, 2.45) is 0 Å². The van der Waals surface area contributed by atoms with Crippen molar-refractivity contribution in [1.29, 1.82) is 0 Å². The first-order valence-electron chi connectivity index (χ1n) is 9.78. The molecular weight excluding hydrogens is 448 g/mol. The summed E-state index contributed by atoms with van der Waals surface area (Å²) in [4.78, 5) is 38.7. The van der Waals surface area contributed by atoms with E-state index in [1.54, 1.807) is 24.3 Å². The smallest absolute Gasteiger partial charge is 0.294 e. The third-order valence-corrected chi connectivity index (χ3v) is 6.03. The number of amides is 3. The van der Waals surface area contributed by atoms with Gasteiger partial charge in [0.15, 0.2) is 0 Å². The molecule has 1 fully saturated rings. The number of carbonyl (C=O) groups is 3. The van der Waals surface area contributed by atoms with Crippen LogP contribution in [0.15, 0.2) is 63.9 Å². The molecule has 2 aromatic carbocycles. The second kappa shape index (κ2) is 9.06. The Morgan fingerprint density at radius 3 is 2.59 bits per heavy atom. The van der Waals surface area contributed by atoms with Crippen LogP contribution in [0.1, 0.15) is 16.9 Å². The molecule has 0 spiro atoms. The van der Waals surface area contributed by atoms with Gasteiger partial charge in [-0.15, -0.1) is 0 Å². The van der Waals surface area contributed by atoms with Crippen molar-refractivity contribution in [3.63, 3.8) is 0 Å². The van der Waals surface area contributed by atoms with Gasteiger partial charge in [0.1, 0.15) is 18.1 Å². The second-order valence-electron chi connectivity index (χ2n) is 7.34. The number of thioether (sulfide) groups is 1. The van der Waals surface area contributed by atoms with E-state index in [-0.39, 0.29) is 11.4 Å². The topological polar surface area (TPSA) is 79.6 Å². The van der Waals surface area contributed by atoms with E-state index in [1.165, 1.54) is 6.08 Å². The van der Waals surface area contributed by atoms with E-state index in [0.29, 0.717) is 22.2 Å². The first kappa shape index (κ1) is 21.9. The Balaban J connectivity index is 1.45. The van der Waals surface area contributed by atoms with Gasteiger partial charge in [-0.1, -0.05) is 23.7 Å². The van der Waals surface area contributed by atoms with Gasteiger partial charge < -0.3 is 9.73 Å². The number of imide groups is 1. The number of aryl methyl sites for hydroxylation is 2. The Kier molecular flexibility index (Phi) is 6.21. The van der Waals surface area contributed by atoms with Crippen LogP contribution >= 0.6 is 23.4 Å². The molecule has 1 aliphatic heterocycles. The van der Waals surface area contributed by atoms with Crippen molar-refractivity contribution in [3.8, 4) is 11.3 Å². The molecule has 0 radical (unpaired) electrons. The summed E-state index contributed by atoms with van der Waals surface area (Å²) in [5.74, 6) is 0.0752. The van der Waals surface area contributed by atoms with Crippen LogP contribution < -0.4 is 5.32 Å². The third kappa shape index (κ3) is 4.79. The van der Waals surface area contributed by atoms with Crippen LogP contribution in [-0.2, 0) is 9.59 Å². The van der Waals surface area contributed by atoms with Crippen molar-refractivity contribution in [2.45, 2.75) is 13.8 Å². The van der Waals surface area contributed by atoms with E-state index in [9.17, 15) is 14.4 Å². The standard InChI is InChI=1S/C24H19ClN2O4S/c1-14-3-4-15(2)19(11-14)26-22(28)13-27-23(29)21(32-24(27)30)12-18-9-10-20(31-18)16-5-7-17(25)8-6-16/h3-12H,13H2,1-2H3,(H,26,28)/b21-12+. The van der Waals surface area contributed by atoms with Gasteiger partial charge in [-0.2, -0.15) is 0 Å². The summed E-state index contributed by atoms with van der Waals surface area (Å²) < 4.78 is 5.78. The molecule has 1 aromatic heterocycles. The summed E-state index contributed by atoms with van der Waals surface area (Å²) in [5, 5.41) is 2.89. The molecule has 1 N–H and O–H groups in total. The summed E-state index contributed by atoms with van der Waals surface area (Å²) >= 11 is 6.69. The predicted molar refractivity (Wildman–Crippen MR) is 126 cm³/mol. The third-order valence-electron chi connectivity index (χ3n) is 4.87. The maximum atomic E-state index is 12.7. The molecule has 8 heteroatoms. The number of carbonyl (C=O) groups excluding carboxylic acids is 3. The molecular formula is C24H19ClN2O4S. The van der Waals surface area contributed by atoms with Gasteiger partial charge in [0.05, 0.1) is 4.91 Å². The zero-order chi connectivity index (χ0) is 22.8. The highest BCUT2D eigenvalue weighted by atomic mass is 35.5. The zero-order valence-corrected chi connectivity index (χ0v) is 18.9. The van der Waals surface area contributed by atoms with Crippen molar-refractivity contribution >= 4 is 52.2 Å². The average molecular weight is 467 g/mol. The van der Waals surface area contributed by atoms with Crippen LogP contribution in [0.25, 0.3) is 17.4 Å². The summed E-state index contributed by atoms with van der Waals surface area (Å²) in [5.41, 5.74) is 3.39. The van der Waals surface area contributed by atoms with Gasteiger partial charge in [0, 0.05) is 22.3 Å². The molecule has 4 rings (SSSR count). The lowest BCUT2D eigenvalue weighted by atomic mass is 10.1. The molecule has 3 aromatic rings. The Hall–Kier alpha value is -3.29. The fraction of sp³-hybridized carbons (Fsp3) is 0.125. The number of rotatable bonds is 5. The molecule has 162 valence electrons. The average Bonchev–Trinajstić information content (AvgIpc) is 3.32. The molecule has 0 saturated carbocycles. The minimum atomic E-state index is -0.527. The normalized spacial score (nSPS) is 15.0. The van der Waals surface area contributed by atoms with E-state index in [4.69, 9.17) is 16.0 Å². The number of furan rings is 1. The number of nitrogens with zero attached hydrogens (tertiary/aromatic N) is 1. The molecule has 32 heavy (non-hydrogen) atoms. The van der Waals surface area contributed by atoms with Gasteiger partial charge in [-0.25, -0.2) is 0 Å². The monoisotopic (exact) mass is 466 g/mol. The van der Waals surface area contributed by atoms with Gasteiger partial charge in [0.2, 0.25) is 5.91 Å². The highest BCUT2D eigenvalue weighted by Crippen LogP contribution is 2.33. The van der Waals surface area contributed by atoms with E-state index in [0.717, 1.165) is 33.4 Å². The summed E-state index contributed by atoms with van der Waals surface area (Å²) in [6.07, 6.45) is 1.51. The maximum Gasteiger partial charge on any atom is 0.294 e. The first-order valence-corrected chi connectivity index (χ1v) is 11.0. The molecule has 6 nitrogen and oxygen atoms in total. The Labute approximate surface area is 194 Å². The van der Waals surface area contributed by atoms with Crippen molar-refractivity contribution in [3.05, 3.63) is 81.4 Å². The van der Waals surface area contributed by atoms with E-state index in [2.05, 4.69) is 5.32 Å². The van der Waals surface area contributed by atoms with Crippen LogP contribution in [0, 0.1) is 13.8 Å². The highest BCUT2D eigenvalue weighted by molar-refractivity contribution is 8.18.